The van der Waals surface area contributed by atoms with E-state index in [0.717, 1.165) is 42.2 Å². The van der Waals surface area contributed by atoms with E-state index in [-0.39, 0.29) is 0 Å². The number of rotatable bonds is 9. The van der Waals surface area contributed by atoms with E-state index in [2.05, 4.69) is 15.9 Å². The molecule has 0 aliphatic rings. The van der Waals surface area contributed by atoms with Crippen LogP contribution in [0.2, 0.25) is 5.02 Å². The molecule has 2 aromatic carbocycles. The van der Waals surface area contributed by atoms with Crippen LogP contribution in [-0.4, -0.2) is 20.0 Å². The predicted octanol–water partition coefficient (Wildman–Crippen LogP) is 5.72. The van der Waals surface area contributed by atoms with Crippen molar-refractivity contribution >= 4 is 33.8 Å². The Labute approximate surface area is 156 Å². The third-order valence-corrected chi connectivity index (χ3v) is 4.59. The molecule has 0 amide bonds. The molecule has 0 saturated heterocycles. The van der Waals surface area contributed by atoms with Crippen LogP contribution in [0.15, 0.2) is 40.9 Å². The van der Waals surface area contributed by atoms with Gasteiger partial charge in [0, 0.05) is 5.56 Å². The van der Waals surface area contributed by atoms with Gasteiger partial charge in [0.1, 0.15) is 17.8 Å². The van der Waals surface area contributed by atoms with Crippen molar-refractivity contribution in [3.8, 4) is 11.5 Å². The van der Waals surface area contributed by atoms with Gasteiger partial charge in [0.15, 0.2) is 0 Å². The van der Waals surface area contributed by atoms with Crippen LogP contribution in [0.4, 0.5) is 0 Å². The van der Waals surface area contributed by atoms with Crippen molar-refractivity contribution in [2.45, 2.75) is 25.7 Å². The molecule has 0 aliphatic heterocycles. The van der Waals surface area contributed by atoms with E-state index in [0.29, 0.717) is 22.9 Å². The quantitative estimate of drug-likeness (QED) is 0.391. The molecule has 3 nitrogen and oxygen atoms in total. The summed E-state index contributed by atoms with van der Waals surface area (Å²) in [5, 5.41) is 0.655. The average Bonchev–Trinajstić information content (AvgIpc) is 2.59. The molecule has 24 heavy (non-hydrogen) atoms. The minimum atomic E-state index is 0.632. The van der Waals surface area contributed by atoms with Crippen molar-refractivity contribution in [2.75, 3.05) is 13.7 Å². The Morgan fingerprint density at radius 2 is 1.88 bits per heavy atom. The molecule has 0 spiro atoms. The number of methoxy groups -OCH3 is 1. The Bertz CT molecular complexity index is 688. The van der Waals surface area contributed by atoms with E-state index < -0.39 is 0 Å². The molecule has 5 heteroatoms. The monoisotopic (exact) mass is 410 g/mol. The molecule has 0 bridgehead atoms. The number of hydrogen-bond donors (Lipinski definition) is 0. The first-order valence-corrected chi connectivity index (χ1v) is 9.01. The zero-order valence-corrected chi connectivity index (χ0v) is 15.9. The maximum atomic E-state index is 10.7. The summed E-state index contributed by atoms with van der Waals surface area (Å²) in [7, 11) is 1.62. The first kappa shape index (κ1) is 18.8. The van der Waals surface area contributed by atoms with E-state index >= 15 is 0 Å². The molecule has 128 valence electrons. The minimum Gasteiger partial charge on any atom is -0.495 e. The second-order valence-corrected chi connectivity index (χ2v) is 6.70. The Hall–Kier alpha value is -1.52. The van der Waals surface area contributed by atoms with Crippen LogP contribution >= 0.6 is 27.5 Å². The molecule has 0 heterocycles. The second kappa shape index (κ2) is 9.70. The topological polar surface area (TPSA) is 35.5 Å². The molecular weight excluding hydrogens is 392 g/mol. The van der Waals surface area contributed by atoms with Crippen LogP contribution in [0.1, 0.15) is 35.2 Å². The molecule has 0 saturated carbocycles. The lowest BCUT2D eigenvalue weighted by atomic mass is 10.1. The van der Waals surface area contributed by atoms with Gasteiger partial charge in [0.05, 0.1) is 23.2 Å². The summed E-state index contributed by atoms with van der Waals surface area (Å²) >= 11 is 9.54. The number of aryl methyl sites for hydroxylation is 1. The zero-order valence-electron chi connectivity index (χ0n) is 13.6. The lowest BCUT2D eigenvalue weighted by molar-refractivity contribution is 0.112. The third-order valence-electron chi connectivity index (χ3n) is 3.68. The predicted molar refractivity (Wildman–Crippen MR) is 101 cm³/mol. The Morgan fingerprint density at radius 1 is 1.08 bits per heavy atom. The van der Waals surface area contributed by atoms with E-state index in [9.17, 15) is 4.79 Å². The summed E-state index contributed by atoms with van der Waals surface area (Å²) in [4.78, 5) is 10.7. The number of ether oxygens (including phenoxy) is 2. The van der Waals surface area contributed by atoms with Gasteiger partial charge >= 0.3 is 0 Å². The molecule has 2 aromatic rings. The van der Waals surface area contributed by atoms with Gasteiger partial charge in [0.25, 0.3) is 0 Å². The molecule has 0 aromatic heterocycles. The van der Waals surface area contributed by atoms with Crippen LogP contribution in [0.3, 0.4) is 0 Å². The standard InChI is InChI=1S/C19H20BrClO3/c1-23-19-9-6-14(12-17(19)21)5-3-2-4-10-24-18-8-7-15(13-22)11-16(18)20/h6-9,11-13H,2-5,10H2,1H3. The van der Waals surface area contributed by atoms with Crippen LogP contribution < -0.4 is 9.47 Å². The second-order valence-electron chi connectivity index (χ2n) is 5.44. The van der Waals surface area contributed by atoms with Gasteiger partial charge in [-0.25, -0.2) is 0 Å². The largest absolute Gasteiger partial charge is 0.495 e. The van der Waals surface area contributed by atoms with Crippen molar-refractivity contribution in [1.29, 1.82) is 0 Å². The van der Waals surface area contributed by atoms with Gasteiger partial charge in [-0.2, -0.15) is 0 Å². The summed E-state index contributed by atoms with van der Waals surface area (Å²) in [5.74, 6) is 1.47. The smallest absolute Gasteiger partial charge is 0.150 e. The number of aldehydes is 1. The van der Waals surface area contributed by atoms with Crippen LogP contribution in [0.5, 0.6) is 11.5 Å². The van der Waals surface area contributed by atoms with E-state index in [4.69, 9.17) is 21.1 Å². The summed E-state index contributed by atoms with van der Waals surface area (Å²) in [6.07, 6.45) is 4.94. The SMILES string of the molecule is COc1ccc(CCCCCOc2ccc(C=O)cc2Br)cc1Cl. The first-order chi connectivity index (χ1) is 11.6. The fourth-order valence-corrected chi connectivity index (χ4v) is 3.15. The highest BCUT2D eigenvalue weighted by atomic mass is 79.9. The molecular formula is C19H20BrClO3. The van der Waals surface area contributed by atoms with E-state index in [1.54, 1.807) is 19.2 Å². The number of unbranched alkanes of at least 4 members (excludes halogenated alkanes) is 2. The minimum absolute atomic E-state index is 0.632. The van der Waals surface area contributed by atoms with Gasteiger partial charge in [0.2, 0.25) is 0 Å². The molecule has 0 fully saturated rings. The van der Waals surface area contributed by atoms with Crippen molar-refractivity contribution in [1.82, 2.24) is 0 Å². The van der Waals surface area contributed by atoms with E-state index in [1.807, 2.05) is 24.3 Å². The van der Waals surface area contributed by atoms with Gasteiger partial charge < -0.3 is 9.47 Å². The van der Waals surface area contributed by atoms with Crippen LogP contribution in [0, 0.1) is 0 Å². The Morgan fingerprint density at radius 3 is 2.54 bits per heavy atom. The molecule has 2 rings (SSSR count). The summed E-state index contributed by atoms with van der Waals surface area (Å²) < 4.78 is 11.7. The average molecular weight is 412 g/mol. The van der Waals surface area contributed by atoms with Crippen molar-refractivity contribution in [2.24, 2.45) is 0 Å². The Balaban J connectivity index is 1.68. The number of benzene rings is 2. The maximum absolute atomic E-state index is 10.7. The number of carbonyl (C=O) groups excluding carboxylic acids is 1. The maximum Gasteiger partial charge on any atom is 0.150 e. The first-order valence-electron chi connectivity index (χ1n) is 7.84. The number of carbonyl (C=O) groups is 1. The summed E-state index contributed by atoms with van der Waals surface area (Å²) in [5.41, 5.74) is 1.85. The van der Waals surface area contributed by atoms with Crippen LogP contribution in [-0.2, 0) is 6.42 Å². The normalized spacial score (nSPS) is 10.5. The van der Waals surface area contributed by atoms with Crippen molar-refractivity contribution < 1.29 is 14.3 Å². The van der Waals surface area contributed by atoms with Gasteiger partial charge in [-0.15, -0.1) is 0 Å². The zero-order chi connectivity index (χ0) is 17.4. The van der Waals surface area contributed by atoms with Gasteiger partial charge in [-0.3, -0.25) is 4.79 Å². The Kier molecular flexibility index (Phi) is 7.60. The molecule has 0 radical (unpaired) electrons. The van der Waals surface area contributed by atoms with Gasteiger partial charge in [-0.05, 0) is 77.5 Å². The van der Waals surface area contributed by atoms with Gasteiger partial charge in [-0.1, -0.05) is 17.7 Å². The summed E-state index contributed by atoms with van der Waals surface area (Å²) in [6, 6.07) is 11.2. The lowest BCUT2D eigenvalue weighted by Gasteiger charge is -2.09. The molecule has 0 unspecified atom stereocenters. The fourth-order valence-electron chi connectivity index (χ4n) is 2.36. The van der Waals surface area contributed by atoms with E-state index in [1.165, 1.54) is 5.56 Å². The lowest BCUT2D eigenvalue weighted by Crippen LogP contribution is -1.99. The molecule has 0 atom stereocenters. The van der Waals surface area contributed by atoms with Crippen molar-refractivity contribution in [3.63, 3.8) is 0 Å². The highest BCUT2D eigenvalue weighted by Gasteiger charge is 2.03. The third kappa shape index (κ3) is 5.53. The molecule has 0 N–H and O–H groups in total. The number of halogens is 2. The highest BCUT2D eigenvalue weighted by Crippen LogP contribution is 2.27. The summed E-state index contributed by atoms with van der Waals surface area (Å²) in [6.45, 7) is 0.655. The van der Waals surface area contributed by atoms with Crippen LogP contribution in [0.25, 0.3) is 0 Å². The fraction of sp³-hybridized carbons (Fsp3) is 0.316. The number of hydrogen-bond acceptors (Lipinski definition) is 3. The van der Waals surface area contributed by atoms with Crippen molar-refractivity contribution in [3.05, 3.63) is 57.0 Å². The molecule has 0 aliphatic carbocycles. The highest BCUT2D eigenvalue weighted by molar-refractivity contribution is 9.10.